The number of piperidine rings is 1. The van der Waals surface area contributed by atoms with Crippen LogP contribution in [0.4, 0.5) is 0 Å². The Hall–Kier alpha value is -0.160. The van der Waals surface area contributed by atoms with E-state index in [1.807, 2.05) is 0 Å². The first kappa shape index (κ1) is 16.2. The summed E-state index contributed by atoms with van der Waals surface area (Å²) in [6.45, 7) is 7.62. The minimum absolute atomic E-state index is 0.0645. The van der Waals surface area contributed by atoms with Crippen LogP contribution >= 0.6 is 0 Å². The fraction of sp³-hybridized carbons (Fsp3) is 1.00. The normalized spacial score (nSPS) is 27.4. The second-order valence-electron chi connectivity index (χ2n) is 6.71. The third kappa shape index (κ3) is 4.17. The number of hydrogen-bond acceptors (Lipinski definition) is 4. The maximum Gasteiger partial charge on any atom is 0.0628 e. The van der Waals surface area contributed by atoms with Crippen LogP contribution in [-0.4, -0.2) is 62.0 Å². The summed E-state index contributed by atoms with van der Waals surface area (Å²) >= 11 is 0. The lowest BCUT2D eigenvalue weighted by atomic mass is 9.90. The zero-order valence-corrected chi connectivity index (χ0v) is 13.2. The van der Waals surface area contributed by atoms with Gasteiger partial charge in [-0.2, -0.15) is 0 Å². The number of rotatable bonds is 9. The van der Waals surface area contributed by atoms with Crippen molar-refractivity contribution in [2.45, 2.75) is 44.6 Å². The van der Waals surface area contributed by atoms with Gasteiger partial charge in [0.2, 0.25) is 0 Å². The van der Waals surface area contributed by atoms with Crippen molar-refractivity contribution in [2.24, 2.45) is 11.8 Å². The molecule has 0 aromatic rings. The van der Waals surface area contributed by atoms with Gasteiger partial charge in [0.15, 0.2) is 0 Å². The van der Waals surface area contributed by atoms with Crippen LogP contribution in [-0.2, 0) is 4.74 Å². The van der Waals surface area contributed by atoms with Crippen LogP contribution in [0, 0.1) is 11.8 Å². The van der Waals surface area contributed by atoms with Gasteiger partial charge in [0, 0.05) is 20.2 Å². The van der Waals surface area contributed by atoms with Crippen molar-refractivity contribution in [3.63, 3.8) is 0 Å². The van der Waals surface area contributed by atoms with Crippen LogP contribution in [0.3, 0.4) is 0 Å². The number of ether oxygens (including phenoxy) is 1. The van der Waals surface area contributed by atoms with Gasteiger partial charge in [0.1, 0.15) is 0 Å². The summed E-state index contributed by atoms with van der Waals surface area (Å²) in [7, 11) is 1.80. The maximum atomic E-state index is 10.00. The van der Waals surface area contributed by atoms with Gasteiger partial charge >= 0.3 is 0 Å². The monoisotopic (exact) mass is 284 g/mol. The van der Waals surface area contributed by atoms with E-state index in [1.54, 1.807) is 7.11 Å². The highest BCUT2D eigenvalue weighted by Crippen LogP contribution is 2.40. The average molecular weight is 284 g/mol. The summed E-state index contributed by atoms with van der Waals surface area (Å²) in [6, 6.07) is 0. The molecule has 0 radical (unpaired) electrons. The molecule has 0 aromatic carbocycles. The molecule has 2 fully saturated rings. The van der Waals surface area contributed by atoms with Crippen molar-refractivity contribution in [1.29, 1.82) is 0 Å². The number of methoxy groups -OCH3 is 1. The SMILES string of the molecule is CCCNC(CO)(CN1CCCC(COC)C1)C1CC1. The topological polar surface area (TPSA) is 44.7 Å². The van der Waals surface area contributed by atoms with Crippen LogP contribution in [0.5, 0.6) is 0 Å². The maximum absolute atomic E-state index is 10.00. The number of aliphatic hydroxyl groups excluding tert-OH is 1. The number of aliphatic hydroxyl groups is 1. The van der Waals surface area contributed by atoms with Crippen molar-refractivity contribution in [1.82, 2.24) is 10.2 Å². The average Bonchev–Trinajstić information content (AvgIpc) is 3.29. The molecule has 4 nitrogen and oxygen atoms in total. The fourth-order valence-electron chi connectivity index (χ4n) is 3.64. The second kappa shape index (κ2) is 7.74. The van der Waals surface area contributed by atoms with E-state index in [9.17, 15) is 5.11 Å². The summed E-state index contributed by atoms with van der Waals surface area (Å²) in [4.78, 5) is 2.55. The van der Waals surface area contributed by atoms with E-state index in [4.69, 9.17) is 4.74 Å². The number of likely N-dealkylation sites (tertiary alicyclic amines) is 1. The van der Waals surface area contributed by atoms with E-state index in [-0.39, 0.29) is 12.1 Å². The summed E-state index contributed by atoms with van der Waals surface area (Å²) in [5.41, 5.74) is -0.0645. The summed E-state index contributed by atoms with van der Waals surface area (Å²) < 4.78 is 5.32. The van der Waals surface area contributed by atoms with Crippen molar-refractivity contribution in [2.75, 3.05) is 46.5 Å². The van der Waals surface area contributed by atoms with Crippen molar-refractivity contribution in [3.05, 3.63) is 0 Å². The zero-order chi connectivity index (χ0) is 14.4. The Labute approximate surface area is 123 Å². The molecule has 2 atom stereocenters. The molecule has 0 bridgehead atoms. The van der Waals surface area contributed by atoms with Gasteiger partial charge in [0.25, 0.3) is 0 Å². The molecule has 1 saturated carbocycles. The Morgan fingerprint density at radius 1 is 1.35 bits per heavy atom. The predicted octanol–water partition coefficient (Wildman–Crippen LogP) is 1.49. The van der Waals surface area contributed by atoms with Crippen LogP contribution < -0.4 is 5.32 Å². The highest BCUT2D eigenvalue weighted by molar-refractivity contribution is 5.03. The van der Waals surface area contributed by atoms with E-state index in [0.717, 1.165) is 32.7 Å². The molecule has 2 aliphatic rings. The molecular weight excluding hydrogens is 252 g/mol. The lowest BCUT2D eigenvalue weighted by molar-refractivity contribution is 0.0475. The Kier molecular flexibility index (Phi) is 6.27. The van der Waals surface area contributed by atoms with Gasteiger partial charge in [-0.1, -0.05) is 6.92 Å². The first-order valence-corrected chi connectivity index (χ1v) is 8.31. The standard InChI is InChI=1S/C16H32N2O2/c1-3-8-17-16(13-19,15-6-7-15)12-18-9-4-5-14(10-18)11-20-2/h14-15,17,19H,3-13H2,1-2H3. The van der Waals surface area contributed by atoms with E-state index >= 15 is 0 Å². The van der Waals surface area contributed by atoms with Crippen molar-refractivity contribution < 1.29 is 9.84 Å². The van der Waals surface area contributed by atoms with Crippen molar-refractivity contribution >= 4 is 0 Å². The molecule has 0 amide bonds. The minimum Gasteiger partial charge on any atom is -0.394 e. The highest BCUT2D eigenvalue weighted by atomic mass is 16.5. The lowest BCUT2D eigenvalue weighted by Crippen LogP contribution is -2.59. The molecule has 2 N–H and O–H groups in total. The van der Waals surface area contributed by atoms with Crippen molar-refractivity contribution in [3.8, 4) is 0 Å². The highest BCUT2D eigenvalue weighted by Gasteiger charge is 2.45. The molecule has 2 rings (SSSR count). The third-order valence-corrected chi connectivity index (χ3v) is 4.88. The Bertz CT molecular complexity index is 282. The van der Waals surface area contributed by atoms with Gasteiger partial charge in [-0.05, 0) is 57.0 Å². The molecule has 1 aliphatic heterocycles. The molecule has 2 unspecified atom stereocenters. The van der Waals surface area contributed by atoms with E-state index in [1.165, 1.54) is 32.2 Å². The van der Waals surface area contributed by atoms with Crippen LogP contribution in [0.25, 0.3) is 0 Å². The summed E-state index contributed by atoms with van der Waals surface area (Å²) in [5, 5.41) is 13.7. The third-order valence-electron chi connectivity index (χ3n) is 4.88. The number of nitrogens with zero attached hydrogens (tertiary/aromatic N) is 1. The molecule has 1 saturated heterocycles. The quantitative estimate of drug-likeness (QED) is 0.673. The Morgan fingerprint density at radius 2 is 2.15 bits per heavy atom. The van der Waals surface area contributed by atoms with Gasteiger partial charge in [-0.25, -0.2) is 0 Å². The van der Waals surface area contributed by atoms with E-state index in [0.29, 0.717) is 11.8 Å². The molecule has 0 aromatic heterocycles. The van der Waals surface area contributed by atoms with Crippen LogP contribution in [0.2, 0.25) is 0 Å². The molecule has 1 aliphatic carbocycles. The van der Waals surface area contributed by atoms with Crippen LogP contribution in [0.1, 0.15) is 39.0 Å². The van der Waals surface area contributed by atoms with E-state index < -0.39 is 0 Å². The van der Waals surface area contributed by atoms with Crippen LogP contribution in [0.15, 0.2) is 0 Å². The Morgan fingerprint density at radius 3 is 2.75 bits per heavy atom. The van der Waals surface area contributed by atoms with E-state index in [2.05, 4.69) is 17.1 Å². The molecule has 1 heterocycles. The fourth-order valence-corrected chi connectivity index (χ4v) is 3.64. The number of hydrogen-bond donors (Lipinski definition) is 2. The first-order valence-electron chi connectivity index (χ1n) is 8.31. The molecule has 118 valence electrons. The zero-order valence-electron chi connectivity index (χ0n) is 13.2. The second-order valence-corrected chi connectivity index (χ2v) is 6.71. The predicted molar refractivity (Wildman–Crippen MR) is 81.9 cm³/mol. The molecule has 4 heteroatoms. The smallest absolute Gasteiger partial charge is 0.0628 e. The molecular formula is C16H32N2O2. The summed E-state index contributed by atoms with van der Waals surface area (Å²) in [5.74, 6) is 1.33. The molecule has 0 spiro atoms. The van der Waals surface area contributed by atoms with Gasteiger partial charge in [-0.15, -0.1) is 0 Å². The lowest BCUT2D eigenvalue weighted by Gasteiger charge is -2.41. The molecule has 20 heavy (non-hydrogen) atoms. The number of nitrogens with one attached hydrogen (secondary N) is 1. The van der Waals surface area contributed by atoms with Gasteiger partial charge in [-0.3, -0.25) is 0 Å². The summed E-state index contributed by atoms with van der Waals surface area (Å²) in [6.07, 6.45) is 6.20. The van der Waals surface area contributed by atoms with Gasteiger partial charge < -0.3 is 20.1 Å². The minimum atomic E-state index is -0.0645. The Balaban J connectivity index is 1.92. The largest absolute Gasteiger partial charge is 0.394 e. The first-order chi connectivity index (χ1) is 9.74. The van der Waals surface area contributed by atoms with Gasteiger partial charge in [0.05, 0.1) is 18.8 Å².